The number of nitrogens with zero attached hydrogens (tertiary/aromatic N) is 4. The second-order valence-electron chi connectivity index (χ2n) is 8.31. The predicted octanol–water partition coefficient (Wildman–Crippen LogP) is 2.21. The Labute approximate surface area is 175 Å². The van der Waals surface area contributed by atoms with Crippen LogP contribution in [0.25, 0.3) is 0 Å². The Morgan fingerprint density at radius 1 is 1.10 bits per heavy atom. The fourth-order valence-corrected chi connectivity index (χ4v) is 4.13. The van der Waals surface area contributed by atoms with Crippen molar-refractivity contribution in [3.63, 3.8) is 0 Å². The van der Waals surface area contributed by atoms with Crippen LogP contribution in [-0.2, 0) is 4.74 Å². The number of likely N-dealkylation sites (tertiary alicyclic amines) is 1. The third kappa shape index (κ3) is 4.22. The summed E-state index contributed by atoms with van der Waals surface area (Å²) in [5.74, 6) is 0.687. The molecule has 0 radical (unpaired) electrons. The quantitative estimate of drug-likeness (QED) is 0.595. The smallest absolute Gasteiger partial charge is 0.273 e. The van der Waals surface area contributed by atoms with Gasteiger partial charge in [-0.1, -0.05) is 12.1 Å². The van der Waals surface area contributed by atoms with Gasteiger partial charge in [0.1, 0.15) is 6.23 Å². The van der Waals surface area contributed by atoms with Gasteiger partial charge >= 0.3 is 0 Å². The molecule has 1 aromatic carbocycles. The van der Waals surface area contributed by atoms with Gasteiger partial charge in [-0.2, -0.15) is 4.98 Å². The molecule has 1 aromatic heterocycles. The fraction of sp³-hybridized carbons (Fsp3) is 0.524. The SMILES string of the molecule is NC(=O)c1nnc(Nc2ccc(C3CCN(C4CO4)CC3)cc2)nc1NC1CCC1. The number of primary amides is 1. The van der Waals surface area contributed by atoms with Gasteiger partial charge in [-0.15, -0.1) is 10.2 Å². The summed E-state index contributed by atoms with van der Waals surface area (Å²) in [6.45, 7) is 3.08. The number of benzene rings is 1. The zero-order chi connectivity index (χ0) is 20.5. The third-order valence-electron chi connectivity index (χ3n) is 6.26. The minimum Gasteiger partial charge on any atom is -0.365 e. The van der Waals surface area contributed by atoms with E-state index >= 15 is 0 Å². The number of ether oxygens (including phenoxy) is 1. The van der Waals surface area contributed by atoms with Gasteiger partial charge in [-0.25, -0.2) is 0 Å². The van der Waals surface area contributed by atoms with Crippen molar-refractivity contribution in [3.05, 3.63) is 35.5 Å². The lowest BCUT2D eigenvalue weighted by Crippen LogP contribution is -2.35. The molecule has 30 heavy (non-hydrogen) atoms. The highest BCUT2D eigenvalue weighted by Crippen LogP contribution is 2.32. The number of epoxide rings is 1. The van der Waals surface area contributed by atoms with E-state index in [1.165, 1.54) is 12.0 Å². The molecule has 1 unspecified atom stereocenters. The lowest BCUT2D eigenvalue weighted by atomic mass is 9.89. The van der Waals surface area contributed by atoms with Crippen LogP contribution in [0.2, 0.25) is 0 Å². The van der Waals surface area contributed by atoms with Crippen LogP contribution in [-0.4, -0.2) is 58.0 Å². The maximum Gasteiger partial charge on any atom is 0.273 e. The molecule has 1 aliphatic carbocycles. The molecule has 0 spiro atoms. The molecule has 5 rings (SSSR count). The standard InChI is InChI=1S/C21H27N7O2/c22-19(29)18-20(23-15-2-1-3-15)25-21(27-26-18)24-16-6-4-13(5-7-16)14-8-10-28(11-9-14)17-12-30-17/h4-7,14-15,17H,1-3,8-12H2,(H2,22,29)(H2,23,24,25,27). The number of nitrogens with two attached hydrogens (primary N) is 1. The average Bonchev–Trinajstić information content (AvgIpc) is 3.57. The maximum atomic E-state index is 11.6. The van der Waals surface area contributed by atoms with Crippen molar-refractivity contribution in [2.24, 2.45) is 5.73 Å². The van der Waals surface area contributed by atoms with Gasteiger partial charge in [0.15, 0.2) is 11.5 Å². The van der Waals surface area contributed by atoms with Gasteiger partial charge in [-0.3, -0.25) is 9.69 Å². The number of amides is 1. The highest BCUT2D eigenvalue weighted by atomic mass is 16.6. The number of nitrogens with one attached hydrogen (secondary N) is 2. The molecule has 9 heteroatoms. The van der Waals surface area contributed by atoms with E-state index in [-0.39, 0.29) is 5.69 Å². The maximum absolute atomic E-state index is 11.6. The first-order valence-electron chi connectivity index (χ1n) is 10.7. The molecule has 2 saturated heterocycles. The molecule has 1 saturated carbocycles. The van der Waals surface area contributed by atoms with E-state index in [1.807, 2.05) is 12.1 Å². The molecule has 0 bridgehead atoms. The minimum atomic E-state index is -0.632. The minimum absolute atomic E-state index is 0.0748. The van der Waals surface area contributed by atoms with E-state index in [2.05, 4.69) is 42.8 Å². The van der Waals surface area contributed by atoms with Gasteiger partial charge in [0.05, 0.1) is 6.61 Å². The Kier molecular flexibility index (Phi) is 5.22. The number of aromatic nitrogens is 3. The van der Waals surface area contributed by atoms with Crippen LogP contribution in [0.5, 0.6) is 0 Å². The number of anilines is 3. The first-order valence-corrected chi connectivity index (χ1v) is 10.7. The number of rotatable bonds is 7. The van der Waals surface area contributed by atoms with Gasteiger partial charge in [-0.05, 0) is 55.7 Å². The van der Waals surface area contributed by atoms with Crippen LogP contribution in [0, 0.1) is 0 Å². The molecule has 1 amide bonds. The highest BCUT2D eigenvalue weighted by molar-refractivity contribution is 5.95. The first-order chi connectivity index (χ1) is 14.7. The summed E-state index contributed by atoms with van der Waals surface area (Å²) in [7, 11) is 0. The second-order valence-corrected chi connectivity index (χ2v) is 8.31. The second kappa shape index (κ2) is 8.16. The molecule has 3 heterocycles. The van der Waals surface area contributed by atoms with Crippen molar-refractivity contribution >= 4 is 23.4 Å². The number of carbonyl (C=O) groups is 1. The largest absolute Gasteiger partial charge is 0.365 e. The third-order valence-corrected chi connectivity index (χ3v) is 6.26. The molecule has 2 aliphatic heterocycles. The van der Waals surface area contributed by atoms with E-state index in [0.29, 0.717) is 30.0 Å². The Hall–Kier alpha value is -2.78. The number of hydrogen-bond acceptors (Lipinski definition) is 8. The summed E-state index contributed by atoms with van der Waals surface area (Å²) >= 11 is 0. The van der Waals surface area contributed by atoms with Crippen molar-refractivity contribution in [2.75, 3.05) is 30.3 Å². The Balaban J connectivity index is 1.24. The van der Waals surface area contributed by atoms with E-state index in [1.54, 1.807) is 0 Å². The zero-order valence-corrected chi connectivity index (χ0v) is 16.9. The summed E-state index contributed by atoms with van der Waals surface area (Å²) in [4.78, 5) is 18.5. The van der Waals surface area contributed by atoms with Crippen molar-refractivity contribution < 1.29 is 9.53 Å². The predicted molar refractivity (Wildman–Crippen MR) is 113 cm³/mol. The molecule has 3 aliphatic rings. The normalized spacial score (nSPS) is 22.3. The van der Waals surface area contributed by atoms with Gasteiger partial charge in [0.25, 0.3) is 5.91 Å². The summed E-state index contributed by atoms with van der Waals surface area (Å²) in [6, 6.07) is 8.71. The van der Waals surface area contributed by atoms with Crippen LogP contribution in [0.3, 0.4) is 0 Å². The average molecular weight is 409 g/mol. The molecule has 2 aromatic rings. The Bertz CT molecular complexity index is 904. The molecule has 1 atom stereocenters. The van der Waals surface area contributed by atoms with Crippen molar-refractivity contribution in [2.45, 2.75) is 50.3 Å². The van der Waals surface area contributed by atoms with E-state index in [9.17, 15) is 4.79 Å². The lowest BCUT2D eigenvalue weighted by Gasteiger charge is -2.31. The van der Waals surface area contributed by atoms with E-state index < -0.39 is 5.91 Å². The molecular formula is C21H27N7O2. The fourth-order valence-electron chi connectivity index (χ4n) is 4.13. The first kappa shape index (κ1) is 19.2. The van der Waals surface area contributed by atoms with Gasteiger partial charge in [0, 0.05) is 24.8 Å². The number of piperidine rings is 1. The Morgan fingerprint density at radius 3 is 2.43 bits per heavy atom. The zero-order valence-electron chi connectivity index (χ0n) is 16.9. The topological polar surface area (TPSA) is 122 Å². The molecule has 158 valence electrons. The summed E-state index contributed by atoms with van der Waals surface area (Å²) in [5, 5.41) is 14.4. The molecular weight excluding hydrogens is 382 g/mol. The molecule has 9 nitrogen and oxygen atoms in total. The van der Waals surface area contributed by atoms with Crippen molar-refractivity contribution in [1.29, 1.82) is 0 Å². The van der Waals surface area contributed by atoms with Crippen LogP contribution < -0.4 is 16.4 Å². The summed E-state index contributed by atoms with van der Waals surface area (Å²) < 4.78 is 5.39. The monoisotopic (exact) mass is 409 g/mol. The van der Waals surface area contributed by atoms with Crippen molar-refractivity contribution in [3.8, 4) is 0 Å². The van der Waals surface area contributed by atoms with Crippen molar-refractivity contribution in [1.82, 2.24) is 20.1 Å². The highest BCUT2D eigenvalue weighted by Gasteiger charge is 2.33. The van der Waals surface area contributed by atoms with Gasteiger partial charge < -0.3 is 21.1 Å². The van der Waals surface area contributed by atoms with Crippen LogP contribution in [0.4, 0.5) is 17.5 Å². The summed E-state index contributed by atoms with van der Waals surface area (Å²) in [6.07, 6.45) is 5.97. The van der Waals surface area contributed by atoms with E-state index in [0.717, 1.165) is 51.1 Å². The number of hydrogen-bond donors (Lipinski definition) is 3. The lowest BCUT2D eigenvalue weighted by molar-refractivity contribution is 0.0995. The summed E-state index contributed by atoms with van der Waals surface area (Å²) in [5.41, 5.74) is 7.73. The van der Waals surface area contributed by atoms with Crippen LogP contribution >= 0.6 is 0 Å². The van der Waals surface area contributed by atoms with Gasteiger partial charge in [0.2, 0.25) is 5.95 Å². The molecule has 4 N–H and O–H groups in total. The molecule has 3 fully saturated rings. The van der Waals surface area contributed by atoms with E-state index in [4.69, 9.17) is 10.5 Å². The van der Waals surface area contributed by atoms with Crippen LogP contribution in [0.1, 0.15) is 54.1 Å². The van der Waals surface area contributed by atoms with Crippen LogP contribution in [0.15, 0.2) is 24.3 Å². The number of carbonyl (C=O) groups excluding carboxylic acids is 1. The Morgan fingerprint density at radius 2 is 1.83 bits per heavy atom.